The summed E-state index contributed by atoms with van der Waals surface area (Å²) in [6, 6.07) is 8.17. The third-order valence-corrected chi connectivity index (χ3v) is 2.66. The summed E-state index contributed by atoms with van der Waals surface area (Å²) < 4.78 is 5.87. The number of benzene rings is 1. The SMILES string of the molecule is O=C1NC(Cc2ccc(Br)cc2)CO1. The van der Waals surface area contributed by atoms with Crippen LogP contribution in [0.15, 0.2) is 28.7 Å². The number of alkyl carbamates (subject to hydrolysis) is 1. The molecule has 1 amide bonds. The number of hydrogen-bond donors (Lipinski definition) is 1. The first-order valence-electron chi connectivity index (χ1n) is 4.42. The molecule has 1 heterocycles. The number of carbonyl (C=O) groups excluding carboxylic acids is 1. The van der Waals surface area contributed by atoms with Crippen molar-refractivity contribution in [3.05, 3.63) is 34.3 Å². The van der Waals surface area contributed by atoms with Gasteiger partial charge in [0.1, 0.15) is 6.61 Å². The molecule has 1 unspecified atom stereocenters. The van der Waals surface area contributed by atoms with E-state index < -0.39 is 0 Å². The van der Waals surface area contributed by atoms with Crippen molar-refractivity contribution in [2.75, 3.05) is 6.61 Å². The standard InChI is InChI=1S/C10H10BrNO2/c11-8-3-1-7(2-4-8)5-9-6-14-10(13)12-9/h1-4,9H,5-6H2,(H,12,13). The molecule has 0 spiro atoms. The van der Waals surface area contributed by atoms with E-state index in [-0.39, 0.29) is 12.1 Å². The lowest BCUT2D eigenvalue weighted by Gasteiger charge is -2.06. The minimum Gasteiger partial charge on any atom is -0.447 e. The zero-order valence-electron chi connectivity index (χ0n) is 7.50. The minimum absolute atomic E-state index is 0.115. The molecular weight excluding hydrogens is 246 g/mol. The van der Waals surface area contributed by atoms with E-state index in [1.165, 1.54) is 5.56 Å². The molecule has 0 aromatic heterocycles. The summed E-state index contributed by atoms with van der Waals surface area (Å²) in [7, 11) is 0. The third-order valence-electron chi connectivity index (χ3n) is 2.13. The first-order chi connectivity index (χ1) is 6.74. The lowest BCUT2D eigenvalue weighted by molar-refractivity contribution is 0.177. The van der Waals surface area contributed by atoms with Crippen molar-refractivity contribution in [3.8, 4) is 0 Å². The van der Waals surface area contributed by atoms with Crippen LogP contribution < -0.4 is 5.32 Å². The Hall–Kier alpha value is -1.03. The van der Waals surface area contributed by atoms with Crippen LogP contribution in [0, 0.1) is 0 Å². The second-order valence-corrected chi connectivity index (χ2v) is 4.19. The summed E-state index contributed by atoms with van der Waals surface area (Å²) in [6.07, 6.45) is 0.506. The van der Waals surface area contributed by atoms with Crippen molar-refractivity contribution in [1.82, 2.24) is 5.32 Å². The number of carbonyl (C=O) groups is 1. The topological polar surface area (TPSA) is 38.3 Å². The molecule has 4 heteroatoms. The fourth-order valence-electron chi connectivity index (χ4n) is 1.44. The van der Waals surface area contributed by atoms with E-state index in [0.717, 1.165) is 10.9 Å². The Balaban J connectivity index is 1.97. The van der Waals surface area contributed by atoms with E-state index in [2.05, 4.69) is 21.2 Å². The van der Waals surface area contributed by atoms with Gasteiger partial charge in [-0.15, -0.1) is 0 Å². The Morgan fingerprint density at radius 2 is 2.14 bits per heavy atom. The summed E-state index contributed by atoms with van der Waals surface area (Å²) >= 11 is 3.37. The van der Waals surface area contributed by atoms with Gasteiger partial charge in [-0.05, 0) is 24.1 Å². The summed E-state index contributed by atoms with van der Waals surface area (Å²) in [5.41, 5.74) is 1.20. The normalized spacial score (nSPS) is 20.4. The van der Waals surface area contributed by atoms with Gasteiger partial charge >= 0.3 is 6.09 Å². The molecule has 1 fully saturated rings. The van der Waals surface area contributed by atoms with E-state index in [1.807, 2.05) is 24.3 Å². The molecule has 2 rings (SSSR count). The Labute approximate surface area is 90.6 Å². The van der Waals surface area contributed by atoms with Crippen molar-refractivity contribution in [2.45, 2.75) is 12.5 Å². The van der Waals surface area contributed by atoms with Crippen molar-refractivity contribution >= 4 is 22.0 Å². The fraction of sp³-hybridized carbons (Fsp3) is 0.300. The highest BCUT2D eigenvalue weighted by atomic mass is 79.9. The maximum Gasteiger partial charge on any atom is 0.407 e. The second-order valence-electron chi connectivity index (χ2n) is 3.27. The van der Waals surface area contributed by atoms with Crippen LogP contribution in [0.5, 0.6) is 0 Å². The predicted octanol–water partition coefficient (Wildman–Crippen LogP) is 2.10. The van der Waals surface area contributed by atoms with Crippen molar-refractivity contribution in [1.29, 1.82) is 0 Å². The fourth-order valence-corrected chi connectivity index (χ4v) is 1.71. The predicted molar refractivity (Wildman–Crippen MR) is 56.1 cm³/mol. The Kier molecular flexibility index (Phi) is 2.72. The maximum absolute atomic E-state index is 10.8. The molecular formula is C10H10BrNO2. The van der Waals surface area contributed by atoms with Gasteiger partial charge in [0.2, 0.25) is 0 Å². The lowest BCUT2D eigenvalue weighted by Crippen LogP contribution is -2.28. The molecule has 1 aliphatic heterocycles. The lowest BCUT2D eigenvalue weighted by atomic mass is 10.1. The highest BCUT2D eigenvalue weighted by Gasteiger charge is 2.21. The van der Waals surface area contributed by atoms with Crippen LogP contribution >= 0.6 is 15.9 Å². The van der Waals surface area contributed by atoms with Crippen molar-refractivity contribution in [3.63, 3.8) is 0 Å². The smallest absolute Gasteiger partial charge is 0.407 e. The molecule has 1 N–H and O–H groups in total. The van der Waals surface area contributed by atoms with E-state index in [0.29, 0.717) is 6.61 Å². The Morgan fingerprint density at radius 3 is 2.71 bits per heavy atom. The van der Waals surface area contributed by atoms with Crippen LogP contribution in [-0.4, -0.2) is 18.7 Å². The summed E-state index contributed by atoms with van der Waals surface area (Å²) in [6.45, 7) is 0.467. The van der Waals surface area contributed by atoms with Gasteiger partial charge in [-0.25, -0.2) is 4.79 Å². The van der Waals surface area contributed by atoms with Gasteiger partial charge in [0.05, 0.1) is 6.04 Å². The average Bonchev–Trinajstić information content (AvgIpc) is 2.56. The van der Waals surface area contributed by atoms with E-state index in [1.54, 1.807) is 0 Å². The zero-order chi connectivity index (χ0) is 9.97. The third kappa shape index (κ3) is 2.26. The van der Waals surface area contributed by atoms with Crippen molar-refractivity contribution in [2.24, 2.45) is 0 Å². The van der Waals surface area contributed by atoms with Crippen LogP contribution in [0.4, 0.5) is 4.79 Å². The number of rotatable bonds is 2. The highest BCUT2D eigenvalue weighted by molar-refractivity contribution is 9.10. The number of hydrogen-bond acceptors (Lipinski definition) is 2. The van der Waals surface area contributed by atoms with Gasteiger partial charge in [-0.2, -0.15) is 0 Å². The van der Waals surface area contributed by atoms with E-state index in [4.69, 9.17) is 4.74 Å². The molecule has 1 aliphatic rings. The van der Waals surface area contributed by atoms with Crippen LogP contribution in [0.25, 0.3) is 0 Å². The van der Waals surface area contributed by atoms with Crippen LogP contribution in [0.1, 0.15) is 5.56 Å². The molecule has 1 saturated heterocycles. The second kappa shape index (κ2) is 4.00. The van der Waals surface area contributed by atoms with Gasteiger partial charge in [0.15, 0.2) is 0 Å². The molecule has 0 bridgehead atoms. The maximum atomic E-state index is 10.8. The van der Waals surface area contributed by atoms with Crippen LogP contribution in [0.3, 0.4) is 0 Å². The molecule has 0 radical (unpaired) electrons. The zero-order valence-corrected chi connectivity index (χ0v) is 9.08. The monoisotopic (exact) mass is 255 g/mol. The summed E-state index contributed by atoms with van der Waals surface area (Å²) in [4.78, 5) is 10.8. The molecule has 74 valence electrons. The van der Waals surface area contributed by atoms with Gasteiger partial charge in [-0.1, -0.05) is 28.1 Å². The molecule has 1 aromatic carbocycles. The van der Waals surface area contributed by atoms with Crippen LogP contribution in [0.2, 0.25) is 0 Å². The minimum atomic E-state index is -0.313. The number of nitrogens with one attached hydrogen (secondary N) is 1. The molecule has 0 saturated carbocycles. The van der Waals surface area contributed by atoms with Gasteiger partial charge in [-0.3, -0.25) is 0 Å². The molecule has 1 aromatic rings. The first-order valence-corrected chi connectivity index (χ1v) is 5.21. The molecule has 3 nitrogen and oxygen atoms in total. The van der Waals surface area contributed by atoms with E-state index in [9.17, 15) is 4.79 Å². The number of ether oxygens (including phenoxy) is 1. The average molecular weight is 256 g/mol. The quantitative estimate of drug-likeness (QED) is 0.879. The highest BCUT2D eigenvalue weighted by Crippen LogP contribution is 2.13. The summed E-state index contributed by atoms with van der Waals surface area (Å²) in [5, 5.41) is 2.74. The Morgan fingerprint density at radius 1 is 1.43 bits per heavy atom. The number of amides is 1. The largest absolute Gasteiger partial charge is 0.447 e. The van der Waals surface area contributed by atoms with Gasteiger partial charge < -0.3 is 10.1 Å². The van der Waals surface area contributed by atoms with Gasteiger partial charge in [0.25, 0.3) is 0 Å². The molecule has 0 aliphatic carbocycles. The first kappa shape index (κ1) is 9.52. The van der Waals surface area contributed by atoms with E-state index >= 15 is 0 Å². The number of cyclic esters (lactones) is 1. The Bertz CT molecular complexity index is 336. The summed E-state index contributed by atoms with van der Waals surface area (Å²) in [5.74, 6) is 0. The van der Waals surface area contributed by atoms with Crippen LogP contribution in [-0.2, 0) is 11.2 Å². The van der Waals surface area contributed by atoms with Crippen molar-refractivity contribution < 1.29 is 9.53 Å². The molecule has 1 atom stereocenters. The molecule has 14 heavy (non-hydrogen) atoms. The number of halogens is 1. The van der Waals surface area contributed by atoms with Gasteiger partial charge in [0, 0.05) is 4.47 Å².